The van der Waals surface area contributed by atoms with E-state index in [9.17, 15) is 9.59 Å². The first-order chi connectivity index (χ1) is 9.02. The number of benzene rings is 1. The van der Waals surface area contributed by atoms with E-state index >= 15 is 0 Å². The van der Waals surface area contributed by atoms with Crippen LogP contribution in [0.25, 0.3) is 11.1 Å². The summed E-state index contributed by atoms with van der Waals surface area (Å²) in [4.78, 5) is 22.7. The Labute approximate surface area is 109 Å². The van der Waals surface area contributed by atoms with Crippen LogP contribution in [-0.2, 0) is 7.05 Å². The van der Waals surface area contributed by atoms with E-state index in [2.05, 4.69) is 0 Å². The van der Waals surface area contributed by atoms with Crippen LogP contribution in [0.3, 0.4) is 0 Å². The minimum Gasteiger partial charge on any atom is -0.497 e. The zero-order valence-electron chi connectivity index (χ0n) is 10.6. The SMILES string of the molecule is COc1ccc(-c2cc(C(=O)O)c(=O)n(C)c2)cc1. The van der Waals surface area contributed by atoms with Crippen molar-refractivity contribution in [3.63, 3.8) is 0 Å². The number of aromatic carboxylic acids is 1. The summed E-state index contributed by atoms with van der Waals surface area (Å²) in [6.45, 7) is 0. The second-order valence-electron chi connectivity index (χ2n) is 4.09. The molecule has 0 fully saturated rings. The Morgan fingerprint density at radius 3 is 2.37 bits per heavy atom. The summed E-state index contributed by atoms with van der Waals surface area (Å²) < 4.78 is 6.33. The number of aromatic nitrogens is 1. The van der Waals surface area contributed by atoms with Crippen LogP contribution in [0.15, 0.2) is 41.3 Å². The number of aryl methyl sites for hydroxylation is 1. The van der Waals surface area contributed by atoms with Crippen molar-refractivity contribution in [1.29, 1.82) is 0 Å². The predicted molar refractivity (Wildman–Crippen MR) is 70.6 cm³/mol. The third-order valence-corrected chi connectivity index (χ3v) is 2.84. The molecule has 0 aliphatic heterocycles. The first kappa shape index (κ1) is 12.9. The molecule has 0 aliphatic carbocycles. The van der Waals surface area contributed by atoms with Crippen LogP contribution in [0, 0.1) is 0 Å². The van der Waals surface area contributed by atoms with Crippen molar-refractivity contribution < 1.29 is 14.6 Å². The quantitative estimate of drug-likeness (QED) is 0.911. The van der Waals surface area contributed by atoms with E-state index in [1.165, 1.54) is 17.7 Å². The van der Waals surface area contributed by atoms with Crippen LogP contribution >= 0.6 is 0 Å². The predicted octanol–water partition coefficient (Wildman–Crippen LogP) is 1.76. The third-order valence-electron chi connectivity index (χ3n) is 2.84. The number of rotatable bonds is 3. The van der Waals surface area contributed by atoms with Crippen LogP contribution in [0.4, 0.5) is 0 Å². The second-order valence-corrected chi connectivity index (χ2v) is 4.09. The smallest absolute Gasteiger partial charge is 0.341 e. The molecule has 2 rings (SSSR count). The highest BCUT2D eigenvalue weighted by Crippen LogP contribution is 2.22. The maximum atomic E-state index is 11.7. The Morgan fingerprint density at radius 1 is 1.21 bits per heavy atom. The number of hydrogen-bond acceptors (Lipinski definition) is 3. The van der Waals surface area contributed by atoms with Gasteiger partial charge in [-0.2, -0.15) is 0 Å². The van der Waals surface area contributed by atoms with Crippen molar-refractivity contribution in [3.8, 4) is 16.9 Å². The molecule has 19 heavy (non-hydrogen) atoms. The lowest BCUT2D eigenvalue weighted by Gasteiger charge is -2.07. The molecule has 0 radical (unpaired) electrons. The van der Waals surface area contributed by atoms with Crippen LogP contribution < -0.4 is 10.3 Å². The van der Waals surface area contributed by atoms with Gasteiger partial charge < -0.3 is 14.4 Å². The van der Waals surface area contributed by atoms with Gasteiger partial charge in [0.15, 0.2) is 0 Å². The summed E-state index contributed by atoms with van der Waals surface area (Å²) >= 11 is 0. The molecule has 1 aromatic heterocycles. The van der Waals surface area contributed by atoms with E-state index in [4.69, 9.17) is 9.84 Å². The number of pyridine rings is 1. The third kappa shape index (κ3) is 2.49. The van der Waals surface area contributed by atoms with Gasteiger partial charge in [0.25, 0.3) is 5.56 Å². The van der Waals surface area contributed by atoms with Crippen LogP contribution in [0.2, 0.25) is 0 Å². The number of ether oxygens (including phenoxy) is 1. The normalized spacial score (nSPS) is 10.2. The monoisotopic (exact) mass is 259 g/mol. The molecule has 0 amide bonds. The molecule has 1 heterocycles. The minimum atomic E-state index is -1.23. The summed E-state index contributed by atoms with van der Waals surface area (Å²) in [5, 5.41) is 9.01. The van der Waals surface area contributed by atoms with Gasteiger partial charge in [0, 0.05) is 13.2 Å². The zero-order chi connectivity index (χ0) is 14.0. The first-order valence-corrected chi connectivity index (χ1v) is 5.61. The van der Waals surface area contributed by atoms with Gasteiger partial charge in [-0.3, -0.25) is 4.79 Å². The fourth-order valence-corrected chi connectivity index (χ4v) is 1.81. The van der Waals surface area contributed by atoms with E-state index in [1.807, 2.05) is 12.1 Å². The Bertz CT molecular complexity index is 671. The Kier molecular flexibility index (Phi) is 3.37. The van der Waals surface area contributed by atoms with Crippen molar-refractivity contribution in [3.05, 3.63) is 52.4 Å². The van der Waals surface area contributed by atoms with Gasteiger partial charge in [0.2, 0.25) is 0 Å². The van der Waals surface area contributed by atoms with E-state index in [0.29, 0.717) is 11.3 Å². The highest BCUT2D eigenvalue weighted by Gasteiger charge is 2.12. The van der Waals surface area contributed by atoms with Crippen molar-refractivity contribution in [1.82, 2.24) is 4.57 Å². The largest absolute Gasteiger partial charge is 0.497 e. The molecular weight excluding hydrogens is 246 g/mol. The highest BCUT2D eigenvalue weighted by atomic mass is 16.5. The second kappa shape index (κ2) is 4.97. The maximum absolute atomic E-state index is 11.7. The summed E-state index contributed by atoms with van der Waals surface area (Å²) in [5.41, 5.74) is 0.724. The molecule has 5 heteroatoms. The average Bonchev–Trinajstić information content (AvgIpc) is 2.41. The standard InChI is InChI=1S/C14H13NO4/c1-15-8-10(7-12(13(15)16)14(17)18)9-3-5-11(19-2)6-4-9/h3-8H,1-2H3,(H,17,18). The van der Waals surface area contributed by atoms with Crippen LogP contribution in [0.5, 0.6) is 5.75 Å². The van der Waals surface area contributed by atoms with Crippen LogP contribution in [0.1, 0.15) is 10.4 Å². The molecule has 0 saturated heterocycles. The van der Waals surface area contributed by atoms with E-state index in [0.717, 1.165) is 5.56 Å². The molecule has 0 saturated carbocycles. The molecule has 1 aromatic carbocycles. The number of nitrogens with zero attached hydrogens (tertiary/aromatic N) is 1. The first-order valence-electron chi connectivity index (χ1n) is 5.61. The molecule has 5 nitrogen and oxygen atoms in total. The number of carbonyl (C=O) groups is 1. The van der Waals surface area contributed by atoms with Gasteiger partial charge in [0.05, 0.1) is 7.11 Å². The van der Waals surface area contributed by atoms with Crippen LogP contribution in [-0.4, -0.2) is 22.8 Å². The molecule has 0 aliphatic rings. The summed E-state index contributed by atoms with van der Waals surface area (Å²) in [5.74, 6) is -0.511. The van der Waals surface area contributed by atoms with Gasteiger partial charge in [-0.15, -0.1) is 0 Å². The Morgan fingerprint density at radius 2 is 1.84 bits per heavy atom. The van der Waals surface area contributed by atoms with Crippen molar-refractivity contribution >= 4 is 5.97 Å². The maximum Gasteiger partial charge on any atom is 0.341 e. The lowest BCUT2D eigenvalue weighted by molar-refractivity contribution is 0.0694. The van der Waals surface area contributed by atoms with Crippen molar-refractivity contribution in [2.24, 2.45) is 7.05 Å². The Balaban J connectivity index is 2.56. The summed E-state index contributed by atoms with van der Waals surface area (Å²) in [6, 6.07) is 8.56. The van der Waals surface area contributed by atoms with E-state index in [1.54, 1.807) is 25.4 Å². The van der Waals surface area contributed by atoms with E-state index in [-0.39, 0.29) is 5.56 Å². The highest BCUT2D eigenvalue weighted by molar-refractivity contribution is 5.88. The lowest BCUT2D eigenvalue weighted by Crippen LogP contribution is -2.23. The van der Waals surface area contributed by atoms with Gasteiger partial charge in [0.1, 0.15) is 11.3 Å². The van der Waals surface area contributed by atoms with Gasteiger partial charge in [-0.05, 0) is 29.3 Å². The molecule has 2 aromatic rings. The molecule has 0 unspecified atom stereocenters. The fourth-order valence-electron chi connectivity index (χ4n) is 1.81. The molecule has 98 valence electrons. The minimum absolute atomic E-state index is 0.240. The summed E-state index contributed by atoms with van der Waals surface area (Å²) in [7, 11) is 3.10. The fraction of sp³-hybridized carbons (Fsp3) is 0.143. The average molecular weight is 259 g/mol. The molecule has 0 bridgehead atoms. The Hall–Kier alpha value is -2.56. The molecule has 0 atom stereocenters. The lowest BCUT2D eigenvalue weighted by atomic mass is 10.1. The number of methoxy groups -OCH3 is 1. The molecule has 1 N–H and O–H groups in total. The molecular formula is C14H13NO4. The number of carboxylic acids is 1. The summed E-state index contributed by atoms with van der Waals surface area (Å²) in [6.07, 6.45) is 1.61. The van der Waals surface area contributed by atoms with Gasteiger partial charge >= 0.3 is 5.97 Å². The van der Waals surface area contributed by atoms with Gasteiger partial charge in [-0.25, -0.2) is 4.79 Å². The van der Waals surface area contributed by atoms with Gasteiger partial charge in [-0.1, -0.05) is 12.1 Å². The van der Waals surface area contributed by atoms with Crippen molar-refractivity contribution in [2.45, 2.75) is 0 Å². The number of carboxylic acid groups (broad SMARTS) is 1. The topological polar surface area (TPSA) is 68.5 Å². The number of hydrogen-bond donors (Lipinski definition) is 1. The molecule has 0 spiro atoms. The zero-order valence-corrected chi connectivity index (χ0v) is 10.6. The van der Waals surface area contributed by atoms with Crippen molar-refractivity contribution in [2.75, 3.05) is 7.11 Å². The van der Waals surface area contributed by atoms with E-state index < -0.39 is 11.5 Å².